The van der Waals surface area contributed by atoms with Crippen LogP contribution in [0.25, 0.3) is 0 Å². The molecule has 0 amide bonds. The van der Waals surface area contributed by atoms with Gasteiger partial charge in [0.05, 0.1) is 5.88 Å². The average molecular weight is 170 g/mol. The molecule has 0 fully saturated rings. The summed E-state index contributed by atoms with van der Waals surface area (Å²) in [7, 11) is -1.84. The molecule has 9 heavy (non-hydrogen) atoms. The molecule has 0 heterocycles. The van der Waals surface area contributed by atoms with E-state index in [0.29, 0.717) is 5.88 Å². The van der Waals surface area contributed by atoms with Crippen molar-refractivity contribution in [3.63, 3.8) is 0 Å². The number of nitrogens with one attached hydrogen (secondary N) is 2. The van der Waals surface area contributed by atoms with Gasteiger partial charge in [0.25, 0.3) is 10.2 Å². The third-order valence-electron chi connectivity index (χ3n) is 0.662. The van der Waals surface area contributed by atoms with Crippen LogP contribution in [0.5, 0.6) is 0 Å². The summed E-state index contributed by atoms with van der Waals surface area (Å²) in [6, 6.07) is 0. The van der Waals surface area contributed by atoms with Crippen molar-refractivity contribution in [2.24, 2.45) is 0 Å². The quantitative estimate of drug-likeness (QED) is 0.552. The van der Waals surface area contributed by atoms with Crippen molar-refractivity contribution in [2.75, 3.05) is 19.2 Å². The Hall–Kier alpha value is 0.220. The first kappa shape index (κ1) is 9.22. The molecule has 2 N–H and O–H groups in total. The largest absolute Gasteiger partial charge is 0.277 e. The van der Waals surface area contributed by atoms with Gasteiger partial charge in [-0.3, -0.25) is 0 Å². The maximum absolute atomic E-state index is 10.5. The Kier molecular flexibility index (Phi) is 4.20. The summed E-state index contributed by atoms with van der Waals surface area (Å²) < 4.78 is 25.5. The summed E-state index contributed by atoms with van der Waals surface area (Å²) in [6.07, 6.45) is 1.82. The molecule has 0 bridgehead atoms. The molecule has 0 saturated heterocycles. The minimum absolute atomic E-state index is 0.406. The lowest BCUT2D eigenvalue weighted by molar-refractivity contribution is 0.579. The van der Waals surface area contributed by atoms with Crippen molar-refractivity contribution in [3.8, 4) is 0 Å². The van der Waals surface area contributed by atoms with Crippen molar-refractivity contribution >= 4 is 22.0 Å². The zero-order valence-corrected chi connectivity index (χ0v) is 6.97. The SMILES string of the molecule is CNS(=O)(=O)NCSC. The van der Waals surface area contributed by atoms with E-state index in [4.69, 9.17) is 0 Å². The van der Waals surface area contributed by atoms with Crippen molar-refractivity contribution in [1.29, 1.82) is 0 Å². The molecule has 0 aromatic carbocycles. The summed E-state index contributed by atoms with van der Waals surface area (Å²) >= 11 is 1.41. The minimum atomic E-state index is -3.20. The second-order valence-corrected chi connectivity index (χ2v) is 3.85. The molecule has 0 radical (unpaired) electrons. The zero-order valence-electron chi connectivity index (χ0n) is 5.34. The molecular formula is C3H10N2O2S2. The molecule has 56 valence electrons. The summed E-state index contributed by atoms with van der Waals surface area (Å²) in [5, 5.41) is 0. The molecule has 0 saturated carbocycles. The van der Waals surface area contributed by atoms with Gasteiger partial charge in [-0.25, -0.2) is 4.72 Å². The number of hydrogen-bond acceptors (Lipinski definition) is 3. The van der Waals surface area contributed by atoms with Crippen LogP contribution in [0.15, 0.2) is 0 Å². The third kappa shape index (κ3) is 4.71. The predicted octanol–water partition coefficient (Wildman–Crippen LogP) is -0.639. The van der Waals surface area contributed by atoms with E-state index in [1.807, 2.05) is 6.26 Å². The maximum Gasteiger partial charge on any atom is 0.277 e. The second-order valence-electron chi connectivity index (χ2n) is 1.28. The van der Waals surface area contributed by atoms with Crippen LogP contribution >= 0.6 is 11.8 Å². The van der Waals surface area contributed by atoms with Crippen LogP contribution in [0.3, 0.4) is 0 Å². The molecule has 0 aromatic heterocycles. The Labute approximate surface area is 59.6 Å². The van der Waals surface area contributed by atoms with Gasteiger partial charge in [0.15, 0.2) is 0 Å². The van der Waals surface area contributed by atoms with Crippen LogP contribution in [0, 0.1) is 0 Å². The summed E-state index contributed by atoms with van der Waals surface area (Å²) in [6.45, 7) is 0. The second kappa shape index (κ2) is 4.10. The molecule has 4 nitrogen and oxygen atoms in total. The van der Waals surface area contributed by atoms with Gasteiger partial charge < -0.3 is 0 Å². The topological polar surface area (TPSA) is 58.2 Å². The summed E-state index contributed by atoms with van der Waals surface area (Å²) in [4.78, 5) is 0. The van der Waals surface area contributed by atoms with Crippen molar-refractivity contribution in [3.05, 3.63) is 0 Å². The molecule has 0 aliphatic heterocycles. The van der Waals surface area contributed by atoms with E-state index in [-0.39, 0.29) is 0 Å². The fraction of sp³-hybridized carbons (Fsp3) is 1.00. The van der Waals surface area contributed by atoms with Gasteiger partial charge in [0.1, 0.15) is 0 Å². The van der Waals surface area contributed by atoms with Crippen LogP contribution in [0.2, 0.25) is 0 Å². The maximum atomic E-state index is 10.5. The van der Waals surface area contributed by atoms with E-state index in [2.05, 4.69) is 9.44 Å². The normalized spacial score (nSPS) is 11.8. The van der Waals surface area contributed by atoms with E-state index in [1.165, 1.54) is 18.8 Å². The van der Waals surface area contributed by atoms with Crippen LogP contribution in [-0.4, -0.2) is 27.6 Å². The fourth-order valence-electron chi connectivity index (χ4n) is 0.209. The molecule has 0 aromatic rings. The van der Waals surface area contributed by atoms with Crippen LogP contribution in [0.4, 0.5) is 0 Å². The Bertz CT molecular complexity index is 153. The molecule has 0 aliphatic rings. The van der Waals surface area contributed by atoms with Gasteiger partial charge >= 0.3 is 0 Å². The van der Waals surface area contributed by atoms with Gasteiger partial charge in [0, 0.05) is 7.05 Å². The first-order chi connectivity index (χ1) is 4.12. The van der Waals surface area contributed by atoms with E-state index < -0.39 is 10.2 Å². The predicted molar refractivity (Wildman–Crippen MR) is 39.5 cm³/mol. The Morgan fingerprint density at radius 2 is 2.11 bits per heavy atom. The molecule has 0 atom stereocenters. The van der Waals surface area contributed by atoms with Gasteiger partial charge in [-0.1, -0.05) is 0 Å². The first-order valence-corrected chi connectivity index (χ1v) is 5.17. The number of rotatable bonds is 4. The van der Waals surface area contributed by atoms with Crippen molar-refractivity contribution in [1.82, 2.24) is 9.44 Å². The zero-order chi connectivity index (χ0) is 7.33. The highest BCUT2D eigenvalue weighted by molar-refractivity contribution is 7.99. The van der Waals surface area contributed by atoms with Crippen molar-refractivity contribution in [2.45, 2.75) is 0 Å². The highest BCUT2D eigenvalue weighted by Gasteiger charge is 2.01. The third-order valence-corrected chi connectivity index (χ3v) is 2.34. The van der Waals surface area contributed by atoms with E-state index >= 15 is 0 Å². The Morgan fingerprint density at radius 1 is 1.56 bits per heavy atom. The van der Waals surface area contributed by atoms with E-state index in [0.717, 1.165) is 0 Å². The monoisotopic (exact) mass is 170 g/mol. The molecule has 0 unspecified atom stereocenters. The molecule has 0 aliphatic carbocycles. The fourth-order valence-corrected chi connectivity index (χ4v) is 1.45. The molecule has 0 spiro atoms. The van der Waals surface area contributed by atoms with Gasteiger partial charge in [0.2, 0.25) is 0 Å². The number of thioether (sulfide) groups is 1. The summed E-state index contributed by atoms with van der Waals surface area (Å²) in [5.41, 5.74) is 0. The highest BCUT2D eigenvalue weighted by Crippen LogP contribution is 1.86. The van der Waals surface area contributed by atoms with E-state index in [1.54, 1.807) is 0 Å². The van der Waals surface area contributed by atoms with Crippen LogP contribution in [-0.2, 0) is 10.2 Å². The van der Waals surface area contributed by atoms with Crippen molar-refractivity contribution < 1.29 is 8.42 Å². The molecule has 0 rings (SSSR count). The lowest BCUT2D eigenvalue weighted by Gasteiger charge is -2.00. The smallest absolute Gasteiger partial charge is 0.205 e. The Morgan fingerprint density at radius 3 is 2.44 bits per heavy atom. The molecule has 6 heteroatoms. The van der Waals surface area contributed by atoms with E-state index in [9.17, 15) is 8.42 Å². The number of hydrogen-bond donors (Lipinski definition) is 2. The standard InChI is InChI=1S/C3H10N2O2S2/c1-4-9(6,7)5-3-8-2/h4-5H,3H2,1-2H3. The molecular weight excluding hydrogens is 160 g/mol. The first-order valence-electron chi connectivity index (χ1n) is 2.29. The minimum Gasteiger partial charge on any atom is -0.205 e. The summed E-state index contributed by atoms with van der Waals surface area (Å²) in [5.74, 6) is 0.406. The average Bonchev–Trinajstić information content (AvgIpc) is 1.84. The van der Waals surface area contributed by atoms with Crippen LogP contribution < -0.4 is 9.44 Å². The van der Waals surface area contributed by atoms with Gasteiger partial charge in [-0.05, 0) is 6.26 Å². The lowest BCUT2D eigenvalue weighted by atomic mass is 11.5. The van der Waals surface area contributed by atoms with Gasteiger partial charge in [-0.2, -0.15) is 13.1 Å². The Balaban J connectivity index is 3.61. The van der Waals surface area contributed by atoms with Crippen LogP contribution in [0.1, 0.15) is 0 Å². The lowest BCUT2D eigenvalue weighted by Crippen LogP contribution is -2.33. The highest BCUT2D eigenvalue weighted by atomic mass is 32.2. The van der Waals surface area contributed by atoms with Gasteiger partial charge in [-0.15, -0.1) is 11.8 Å².